The van der Waals surface area contributed by atoms with E-state index in [1.165, 1.54) is 0 Å². The summed E-state index contributed by atoms with van der Waals surface area (Å²) in [6.07, 6.45) is 3.30. The Morgan fingerprint density at radius 1 is 1.47 bits per heavy atom. The van der Waals surface area contributed by atoms with Gasteiger partial charge in [0.25, 0.3) is 0 Å². The number of hydrogen-bond acceptors (Lipinski definition) is 3. The molecule has 17 heavy (non-hydrogen) atoms. The molecule has 0 bridgehead atoms. The fourth-order valence-electron chi connectivity index (χ4n) is 1.44. The minimum absolute atomic E-state index is 0.0428. The number of pyridine rings is 1. The van der Waals surface area contributed by atoms with Crippen molar-refractivity contribution in [2.24, 2.45) is 5.92 Å². The Balaban J connectivity index is 2.65. The Hall–Kier alpha value is -0.650. The maximum atomic E-state index is 11.8. The van der Waals surface area contributed by atoms with Crippen LogP contribution in [0.5, 0.6) is 0 Å². The lowest BCUT2D eigenvalue weighted by Gasteiger charge is -2.15. The van der Waals surface area contributed by atoms with E-state index in [0.29, 0.717) is 5.88 Å². The van der Waals surface area contributed by atoms with E-state index in [4.69, 9.17) is 11.6 Å². The summed E-state index contributed by atoms with van der Waals surface area (Å²) in [5, 5.41) is 0. The van der Waals surface area contributed by atoms with Crippen molar-refractivity contribution in [2.75, 3.05) is 11.6 Å². The van der Waals surface area contributed by atoms with Crippen molar-refractivity contribution in [1.29, 1.82) is 0 Å². The van der Waals surface area contributed by atoms with Crippen molar-refractivity contribution in [1.82, 2.24) is 9.71 Å². The predicted octanol–water partition coefficient (Wildman–Crippen LogP) is 1.94. The fourth-order valence-corrected chi connectivity index (χ4v) is 3.31. The summed E-state index contributed by atoms with van der Waals surface area (Å²) in [7, 11) is -3.30. The number of halogens is 1. The van der Waals surface area contributed by atoms with E-state index in [2.05, 4.69) is 9.71 Å². The molecule has 0 amide bonds. The summed E-state index contributed by atoms with van der Waals surface area (Å²) in [6.45, 7) is 3.60. The quantitative estimate of drug-likeness (QED) is 0.808. The second-order valence-electron chi connectivity index (χ2n) is 4.17. The molecule has 1 rings (SSSR count). The number of nitrogens with one attached hydrogen (secondary N) is 1. The molecule has 0 radical (unpaired) electrons. The summed E-state index contributed by atoms with van der Waals surface area (Å²) in [4.78, 5) is 3.96. The van der Waals surface area contributed by atoms with Crippen LogP contribution in [0.2, 0.25) is 0 Å². The van der Waals surface area contributed by atoms with Crippen molar-refractivity contribution >= 4 is 21.6 Å². The monoisotopic (exact) mass is 276 g/mol. The molecule has 6 heteroatoms. The van der Waals surface area contributed by atoms with E-state index in [-0.39, 0.29) is 17.7 Å². The van der Waals surface area contributed by atoms with Crippen LogP contribution < -0.4 is 4.72 Å². The lowest BCUT2D eigenvalue weighted by atomic mass is 10.2. The molecule has 0 aliphatic rings. The van der Waals surface area contributed by atoms with Gasteiger partial charge in [-0.2, -0.15) is 0 Å². The van der Waals surface area contributed by atoms with Crippen LogP contribution in [0.25, 0.3) is 0 Å². The topological polar surface area (TPSA) is 59.1 Å². The molecule has 0 aliphatic heterocycles. The molecule has 1 N–H and O–H groups in total. The Morgan fingerprint density at radius 3 is 2.71 bits per heavy atom. The first-order valence-electron chi connectivity index (χ1n) is 5.40. The molecule has 1 heterocycles. The van der Waals surface area contributed by atoms with Crippen LogP contribution in [-0.4, -0.2) is 25.0 Å². The molecule has 0 aromatic carbocycles. The van der Waals surface area contributed by atoms with Crippen molar-refractivity contribution in [3.05, 3.63) is 30.1 Å². The zero-order valence-electron chi connectivity index (χ0n) is 9.93. The lowest BCUT2D eigenvalue weighted by Crippen LogP contribution is -2.31. The average Bonchev–Trinajstić information content (AvgIpc) is 2.28. The van der Waals surface area contributed by atoms with Gasteiger partial charge in [0, 0.05) is 24.3 Å². The van der Waals surface area contributed by atoms with Crippen LogP contribution in [0.4, 0.5) is 0 Å². The predicted molar refractivity (Wildman–Crippen MR) is 69.5 cm³/mol. The van der Waals surface area contributed by atoms with E-state index < -0.39 is 10.0 Å². The van der Waals surface area contributed by atoms with Gasteiger partial charge < -0.3 is 0 Å². The van der Waals surface area contributed by atoms with Crippen molar-refractivity contribution < 1.29 is 8.42 Å². The van der Waals surface area contributed by atoms with Gasteiger partial charge in [0.1, 0.15) is 0 Å². The number of nitrogens with zero attached hydrogens (tertiary/aromatic N) is 1. The molecule has 1 aromatic heterocycles. The highest BCUT2D eigenvalue weighted by molar-refractivity contribution is 7.89. The molecular weight excluding hydrogens is 260 g/mol. The normalized spacial score (nSPS) is 15.5. The van der Waals surface area contributed by atoms with E-state index in [1.807, 2.05) is 6.07 Å². The van der Waals surface area contributed by atoms with E-state index in [1.54, 1.807) is 32.3 Å². The number of alkyl halides is 1. The third kappa shape index (κ3) is 5.02. The molecule has 0 fully saturated rings. The molecule has 0 saturated carbocycles. The van der Waals surface area contributed by atoms with E-state index in [0.717, 1.165) is 5.56 Å². The summed E-state index contributed by atoms with van der Waals surface area (Å²) in [5.74, 6) is 0.318. The molecule has 1 unspecified atom stereocenters. The van der Waals surface area contributed by atoms with Gasteiger partial charge in [-0.3, -0.25) is 4.98 Å². The van der Waals surface area contributed by atoms with Crippen molar-refractivity contribution in [3.63, 3.8) is 0 Å². The second kappa shape index (κ2) is 6.33. The average molecular weight is 277 g/mol. The van der Waals surface area contributed by atoms with E-state index >= 15 is 0 Å². The number of aromatic nitrogens is 1. The Labute approximate surface area is 107 Å². The van der Waals surface area contributed by atoms with Gasteiger partial charge in [0.05, 0.1) is 5.75 Å². The third-order valence-corrected chi connectivity index (χ3v) is 4.56. The van der Waals surface area contributed by atoms with Gasteiger partial charge in [-0.05, 0) is 24.5 Å². The second-order valence-corrected chi connectivity index (χ2v) is 6.27. The number of rotatable bonds is 6. The molecule has 1 aromatic rings. The van der Waals surface area contributed by atoms with Gasteiger partial charge in [0.2, 0.25) is 10.0 Å². The summed E-state index contributed by atoms with van der Waals surface area (Å²) in [5.41, 5.74) is 0.842. The first kappa shape index (κ1) is 14.4. The minimum Gasteiger partial charge on any atom is -0.264 e. The van der Waals surface area contributed by atoms with Crippen LogP contribution in [-0.2, 0) is 10.0 Å². The molecule has 2 atom stereocenters. The van der Waals surface area contributed by atoms with Gasteiger partial charge in [-0.1, -0.05) is 13.0 Å². The molecule has 0 spiro atoms. The molecule has 4 nitrogen and oxygen atoms in total. The Morgan fingerprint density at radius 2 is 2.18 bits per heavy atom. The molecule has 0 saturated heterocycles. The lowest BCUT2D eigenvalue weighted by molar-refractivity contribution is 0.555. The van der Waals surface area contributed by atoms with Crippen LogP contribution in [0.1, 0.15) is 25.5 Å². The van der Waals surface area contributed by atoms with E-state index in [9.17, 15) is 8.42 Å². The van der Waals surface area contributed by atoms with Gasteiger partial charge in [-0.15, -0.1) is 11.6 Å². The van der Waals surface area contributed by atoms with Crippen LogP contribution in [0.3, 0.4) is 0 Å². The summed E-state index contributed by atoms with van der Waals surface area (Å²) in [6, 6.07) is 3.34. The zero-order valence-corrected chi connectivity index (χ0v) is 11.5. The number of hydrogen-bond donors (Lipinski definition) is 1. The molecular formula is C11H17ClN2O2S. The minimum atomic E-state index is -3.30. The first-order chi connectivity index (χ1) is 7.94. The zero-order chi connectivity index (χ0) is 12.9. The van der Waals surface area contributed by atoms with Gasteiger partial charge in [0.15, 0.2) is 0 Å². The largest absolute Gasteiger partial charge is 0.264 e. The SMILES string of the molecule is CC(CCl)CS(=O)(=O)N[C@H](C)c1cccnc1. The van der Waals surface area contributed by atoms with Crippen molar-refractivity contribution in [2.45, 2.75) is 19.9 Å². The van der Waals surface area contributed by atoms with Crippen molar-refractivity contribution in [3.8, 4) is 0 Å². The fraction of sp³-hybridized carbons (Fsp3) is 0.545. The van der Waals surface area contributed by atoms with Gasteiger partial charge >= 0.3 is 0 Å². The first-order valence-corrected chi connectivity index (χ1v) is 7.59. The maximum absolute atomic E-state index is 11.8. The van der Waals surface area contributed by atoms with Crippen LogP contribution in [0.15, 0.2) is 24.5 Å². The molecule has 96 valence electrons. The third-order valence-electron chi connectivity index (χ3n) is 2.31. The number of sulfonamides is 1. The summed E-state index contributed by atoms with van der Waals surface area (Å²) < 4.78 is 26.2. The van der Waals surface area contributed by atoms with Gasteiger partial charge in [-0.25, -0.2) is 13.1 Å². The Bertz CT molecular complexity index is 436. The van der Waals surface area contributed by atoms with Crippen LogP contribution in [0, 0.1) is 5.92 Å². The maximum Gasteiger partial charge on any atom is 0.212 e. The van der Waals surface area contributed by atoms with Crippen LogP contribution >= 0.6 is 11.6 Å². The Kier molecular flexibility index (Phi) is 5.36. The smallest absolute Gasteiger partial charge is 0.212 e. The highest BCUT2D eigenvalue weighted by Gasteiger charge is 2.18. The highest BCUT2D eigenvalue weighted by atomic mass is 35.5. The highest BCUT2D eigenvalue weighted by Crippen LogP contribution is 2.12. The summed E-state index contributed by atoms with van der Waals surface area (Å²) >= 11 is 5.61. The standard InChI is InChI=1S/C11H17ClN2O2S/c1-9(6-12)8-17(15,16)14-10(2)11-4-3-5-13-7-11/h3-5,7,9-10,14H,6,8H2,1-2H3/t9?,10-/m1/s1. The molecule has 0 aliphatic carbocycles.